The van der Waals surface area contributed by atoms with E-state index in [1.807, 2.05) is 16.8 Å². The molecule has 6 rings (SSSR count). The lowest BCUT2D eigenvalue weighted by atomic mass is 9.91. The average Bonchev–Trinajstić information content (AvgIpc) is 3.30. The van der Waals surface area contributed by atoms with Crippen LogP contribution < -0.4 is 15.0 Å². The van der Waals surface area contributed by atoms with Crippen molar-refractivity contribution in [2.24, 2.45) is 11.8 Å². The van der Waals surface area contributed by atoms with E-state index in [0.29, 0.717) is 29.2 Å². The number of piperidine rings is 1. The molecule has 1 saturated heterocycles. The van der Waals surface area contributed by atoms with Crippen LogP contribution in [-0.4, -0.2) is 46.0 Å². The number of alkyl halides is 3. The Bertz CT molecular complexity index is 1250. The van der Waals surface area contributed by atoms with Crippen molar-refractivity contribution in [2.45, 2.75) is 56.8 Å². The van der Waals surface area contributed by atoms with Gasteiger partial charge in [-0.15, -0.1) is 5.10 Å². The molecule has 1 aromatic carbocycles. The van der Waals surface area contributed by atoms with Crippen LogP contribution in [0.5, 0.6) is 5.88 Å². The lowest BCUT2D eigenvalue weighted by molar-refractivity contribution is -0.137. The average molecular weight is 513 g/mol. The largest absolute Gasteiger partial charge is 0.481 e. The predicted octanol–water partition coefficient (Wildman–Crippen LogP) is 5.34. The van der Waals surface area contributed by atoms with Crippen LogP contribution in [0.3, 0.4) is 0 Å². The van der Waals surface area contributed by atoms with Crippen LogP contribution in [0, 0.1) is 11.8 Å². The first kappa shape index (κ1) is 24.1. The predicted molar refractivity (Wildman–Crippen MR) is 134 cm³/mol. The molecular formula is C27H31F3N6O. The van der Waals surface area contributed by atoms with Gasteiger partial charge in [-0.05, 0) is 55.2 Å². The summed E-state index contributed by atoms with van der Waals surface area (Å²) < 4.78 is 47.3. The van der Waals surface area contributed by atoms with Crippen molar-refractivity contribution in [1.82, 2.24) is 19.7 Å². The molecule has 2 aliphatic heterocycles. The monoisotopic (exact) mass is 512 g/mol. The van der Waals surface area contributed by atoms with Gasteiger partial charge >= 0.3 is 6.18 Å². The summed E-state index contributed by atoms with van der Waals surface area (Å²) in [7, 11) is 1.63. The van der Waals surface area contributed by atoms with Crippen molar-refractivity contribution < 1.29 is 17.9 Å². The highest BCUT2D eigenvalue weighted by Gasteiger charge is 2.43. The number of pyridine rings is 1. The Hall–Kier alpha value is -3.30. The van der Waals surface area contributed by atoms with Gasteiger partial charge in [-0.1, -0.05) is 24.6 Å². The van der Waals surface area contributed by atoms with Gasteiger partial charge in [-0.3, -0.25) is 0 Å². The maximum absolute atomic E-state index is 13.4. The number of hydrogen-bond acceptors (Lipinski definition) is 6. The number of methoxy groups -OCH3 is 1. The molecule has 0 spiro atoms. The van der Waals surface area contributed by atoms with Crippen molar-refractivity contribution >= 4 is 11.6 Å². The summed E-state index contributed by atoms with van der Waals surface area (Å²) in [5.41, 5.74) is 1.16. The first-order valence-corrected chi connectivity index (χ1v) is 13.0. The molecule has 1 saturated carbocycles. The van der Waals surface area contributed by atoms with Crippen LogP contribution in [0.2, 0.25) is 0 Å². The molecule has 4 atom stereocenters. The van der Waals surface area contributed by atoms with Crippen molar-refractivity contribution in [2.75, 3.05) is 30.4 Å². The lowest BCUT2D eigenvalue weighted by Crippen LogP contribution is -2.48. The minimum atomic E-state index is -4.36. The SMILES string of the molecule is COc1cc(N2C[C@H]3CC[C@@H](C2)[C@@H]3Nc2nc3n(n2)CCCC[C@H]3c2cccc(C(F)(F)F)c2)ccn1. The highest BCUT2D eigenvalue weighted by Crippen LogP contribution is 2.41. The van der Waals surface area contributed by atoms with E-state index in [4.69, 9.17) is 14.8 Å². The first-order chi connectivity index (χ1) is 17.9. The van der Waals surface area contributed by atoms with Crippen molar-refractivity contribution in [3.05, 3.63) is 59.5 Å². The Balaban J connectivity index is 1.21. The molecule has 3 aliphatic rings. The maximum Gasteiger partial charge on any atom is 0.416 e. The minimum Gasteiger partial charge on any atom is -0.481 e. The number of aryl methyl sites for hydroxylation is 1. The molecule has 1 N–H and O–H groups in total. The van der Waals surface area contributed by atoms with Crippen LogP contribution in [0.4, 0.5) is 24.8 Å². The zero-order valence-electron chi connectivity index (χ0n) is 20.8. The van der Waals surface area contributed by atoms with Crippen LogP contribution in [0.15, 0.2) is 42.6 Å². The summed E-state index contributed by atoms with van der Waals surface area (Å²) in [5, 5.41) is 8.42. The molecule has 2 bridgehead atoms. The number of benzene rings is 1. The highest BCUT2D eigenvalue weighted by atomic mass is 19.4. The third kappa shape index (κ3) is 4.73. The maximum atomic E-state index is 13.4. The number of nitrogens with zero attached hydrogens (tertiary/aromatic N) is 5. The molecule has 2 fully saturated rings. The van der Waals surface area contributed by atoms with E-state index in [1.165, 1.54) is 12.1 Å². The Morgan fingerprint density at radius 1 is 1.03 bits per heavy atom. The van der Waals surface area contributed by atoms with Crippen molar-refractivity contribution in [1.29, 1.82) is 0 Å². The molecule has 4 heterocycles. The first-order valence-electron chi connectivity index (χ1n) is 13.0. The Morgan fingerprint density at radius 2 is 1.84 bits per heavy atom. The molecule has 196 valence electrons. The topological polar surface area (TPSA) is 68.1 Å². The fourth-order valence-electron chi connectivity index (χ4n) is 6.35. The van der Waals surface area contributed by atoms with E-state index in [-0.39, 0.29) is 12.0 Å². The second kappa shape index (κ2) is 9.54. The molecule has 2 aromatic heterocycles. The fourth-order valence-corrected chi connectivity index (χ4v) is 6.35. The van der Waals surface area contributed by atoms with Crippen molar-refractivity contribution in [3.63, 3.8) is 0 Å². The summed E-state index contributed by atoms with van der Waals surface area (Å²) >= 11 is 0. The van der Waals surface area contributed by atoms with Gasteiger partial charge in [0.1, 0.15) is 5.82 Å². The zero-order valence-corrected chi connectivity index (χ0v) is 20.8. The van der Waals surface area contributed by atoms with Gasteiger partial charge in [0, 0.05) is 49.5 Å². The minimum absolute atomic E-state index is 0.201. The molecule has 10 heteroatoms. The molecule has 7 nitrogen and oxygen atoms in total. The third-order valence-corrected chi connectivity index (χ3v) is 8.16. The number of anilines is 2. The smallest absolute Gasteiger partial charge is 0.416 e. The van der Waals surface area contributed by atoms with Gasteiger partial charge in [0.05, 0.1) is 12.7 Å². The lowest BCUT2D eigenvalue weighted by Gasteiger charge is -2.39. The summed E-state index contributed by atoms with van der Waals surface area (Å²) in [5.74, 6) is 2.68. The van der Waals surface area contributed by atoms with Gasteiger partial charge < -0.3 is 15.0 Å². The van der Waals surface area contributed by atoms with Gasteiger partial charge in [-0.25, -0.2) is 9.67 Å². The van der Waals surface area contributed by atoms with Gasteiger partial charge in [0.2, 0.25) is 11.8 Å². The number of nitrogens with one attached hydrogen (secondary N) is 1. The summed E-state index contributed by atoms with van der Waals surface area (Å²) in [6, 6.07) is 9.95. The number of halogens is 3. The third-order valence-electron chi connectivity index (χ3n) is 8.16. The van der Waals surface area contributed by atoms with Gasteiger partial charge in [-0.2, -0.15) is 18.2 Å². The van der Waals surface area contributed by atoms with E-state index < -0.39 is 11.7 Å². The zero-order chi connectivity index (χ0) is 25.6. The number of hydrogen-bond donors (Lipinski definition) is 1. The fraction of sp³-hybridized carbons (Fsp3) is 0.519. The van der Waals surface area contributed by atoms with Crippen LogP contribution >= 0.6 is 0 Å². The van der Waals surface area contributed by atoms with E-state index in [2.05, 4.69) is 15.2 Å². The molecule has 37 heavy (non-hydrogen) atoms. The second-order valence-corrected chi connectivity index (χ2v) is 10.4. The number of ether oxygens (including phenoxy) is 1. The van der Waals surface area contributed by atoms with Crippen molar-refractivity contribution in [3.8, 4) is 5.88 Å². The quantitative estimate of drug-likeness (QED) is 0.498. The summed E-state index contributed by atoms with van der Waals surface area (Å²) in [6.45, 7) is 2.60. The molecule has 0 radical (unpaired) electrons. The van der Waals surface area contributed by atoms with Crippen LogP contribution in [0.1, 0.15) is 55.0 Å². The van der Waals surface area contributed by atoms with Gasteiger partial charge in [0.25, 0.3) is 0 Å². The van der Waals surface area contributed by atoms with Gasteiger partial charge in [0.15, 0.2) is 0 Å². The van der Waals surface area contributed by atoms with E-state index >= 15 is 0 Å². The normalized spacial score (nSPS) is 25.5. The Morgan fingerprint density at radius 3 is 2.59 bits per heavy atom. The van der Waals surface area contributed by atoms with E-state index in [0.717, 1.165) is 69.3 Å². The Kier molecular flexibility index (Phi) is 6.20. The molecular weight excluding hydrogens is 481 g/mol. The molecule has 3 aromatic rings. The summed E-state index contributed by atoms with van der Waals surface area (Å²) in [6.07, 6.45) is 2.32. The molecule has 0 unspecified atom stereocenters. The van der Waals surface area contributed by atoms with E-state index in [1.54, 1.807) is 19.4 Å². The molecule has 0 amide bonds. The number of rotatable bonds is 5. The van der Waals surface area contributed by atoms with E-state index in [9.17, 15) is 13.2 Å². The second-order valence-electron chi connectivity index (χ2n) is 10.4. The summed E-state index contributed by atoms with van der Waals surface area (Å²) in [4.78, 5) is 11.5. The standard InChI is InChI=1S/C27H31F3N6O/c1-37-23-14-21(10-11-31-23)35-15-18-8-9-19(16-35)24(18)32-26-33-25-22(7-2-3-12-36(25)34-26)17-5-4-6-20(13-17)27(28,29)30/h4-6,10-11,13-14,18-19,22,24H,2-3,7-9,12,15-16H2,1H3,(H,32,34)/t18-,19+,22-,24-/m0/s1. The Labute approximate surface area is 214 Å². The van der Waals surface area contributed by atoms with Crippen LogP contribution in [0.25, 0.3) is 0 Å². The number of aromatic nitrogens is 4. The molecule has 1 aliphatic carbocycles. The highest BCUT2D eigenvalue weighted by molar-refractivity contribution is 5.49. The number of fused-ring (bicyclic) bond motifs is 3. The van der Waals surface area contributed by atoms with Crippen LogP contribution in [-0.2, 0) is 12.7 Å².